The molecule has 1 amide bonds. The van der Waals surface area contributed by atoms with Gasteiger partial charge in [-0.15, -0.1) is 0 Å². The summed E-state index contributed by atoms with van der Waals surface area (Å²) in [6.45, 7) is 1.37. The first-order chi connectivity index (χ1) is 12.4. The molecule has 0 radical (unpaired) electrons. The Bertz CT molecular complexity index is 589. The van der Waals surface area contributed by atoms with Crippen LogP contribution in [-0.4, -0.2) is 30.0 Å². The monoisotopic (exact) mass is 369 g/mol. The normalized spacial score (nSPS) is 20.2. The van der Waals surface area contributed by atoms with Crippen LogP contribution in [0.2, 0.25) is 0 Å². The molecule has 2 fully saturated rings. The highest BCUT2D eigenvalue weighted by molar-refractivity contribution is 5.76. The molecule has 0 aromatic carbocycles. The Kier molecular flexibility index (Phi) is 6.04. The number of carbonyl (C=O) groups is 1. The van der Waals surface area contributed by atoms with Crippen LogP contribution in [0.3, 0.4) is 0 Å². The third-order valence-electron chi connectivity index (χ3n) is 5.46. The Morgan fingerprint density at radius 2 is 1.81 bits per heavy atom. The highest BCUT2D eigenvalue weighted by Crippen LogP contribution is 2.30. The zero-order chi connectivity index (χ0) is 18.6. The van der Waals surface area contributed by atoms with E-state index < -0.39 is 11.7 Å². The molecule has 1 aromatic rings. The molecular formula is C19H26F3N3O. The van der Waals surface area contributed by atoms with E-state index in [0.29, 0.717) is 31.2 Å². The van der Waals surface area contributed by atoms with Crippen LogP contribution in [0.25, 0.3) is 0 Å². The van der Waals surface area contributed by atoms with E-state index in [4.69, 9.17) is 0 Å². The van der Waals surface area contributed by atoms with Gasteiger partial charge in [-0.2, -0.15) is 13.2 Å². The van der Waals surface area contributed by atoms with Crippen molar-refractivity contribution in [2.24, 2.45) is 5.92 Å². The lowest BCUT2D eigenvalue weighted by Gasteiger charge is -2.33. The molecule has 1 aliphatic heterocycles. The number of rotatable bonds is 4. The summed E-state index contributed by atoms with van der Waals surface area (Å²) >= 11 is 0. The first-order valence-electron chi connectivity index (χ1n) is 9.49. The van der Waals surface area contributed by atoms with Gasteiger partial charge in [0.15, 0.2) is 0 Å². The number of amides is 1. The highest BCUT2D eigenvalue weighted by Gasteiger charge is 2.31. The molecule has 2 heterocycles. The number of alkyl halides is 3. The number of halogens is 3. The summed E-state index contributed by atoms with van der Waals surface area (Å²) in [5, 5.41) is 3.13. The second kappa shape index (κ2) is 8.27. The minimum Gasteiger partial charge on any atom is -0.356 e. The summed E-state index contributed by atoms with van der Waals surface area (Å²) in [5.74, 6) is 1.23. The van der Waals surface area contributed by atoms with E-state index >= 15 is 0 Å². The second-order valence-electron chi connectivity index (χ2n) is 7.44. The Balaban J connectivity index is 1.44. The van der Waals surface area contributed by atoms with Crippen LogP contribution in [0.5, 0.6) is 0 Å². The average Bonchev–Trinajstić information content (AvgIpc) is 2.62. The maximum atomic E-state index is 12.6. The molecule has 144 valence electrons. The van der Waals surface area contributed by atoms with Gasteiger partial charge in [0.2, 0.25) is 5.91 Å². The van der Waals surface area contributed by atoms with Crippen molar-refractivity contribution in [2.45, 2.75) is 63.6 Å². The summed E-state index contributed by atoms with van der Waals surface area (Å²) in [6.07, 6.45) is 4.80. The number of anilines is 1. The number of hydrogen-bond donors (Lipinski definition) is 1. The highest BCUT2D eigenvalue weighted by atomic mass is 19.4. The van der Waals surface area contributed by atoms with Crippen molar-refractivity contribution < 1.29 is 18.0 Å². The SMILES string of the molecule is O=C(CC1CCCCC1)NC1CCN(c2ccc(C(F)(F)F)cn2)CC1. The molecule has 1 saturated carbocycles. The van der Waals surface area contributed by atoms with E-state index in [1.165, 1.54) is 25.3 Å². The quantitative estimate of drug-likeness (QED) is 0.867. The summed E-state index contributed by atoms with van der Waals surface area (Å²) in [4.78, 5) is 18.1. The molecule has 0 unspecified atom stereocenters. The maximum Gasteiger partial charge on any atom is 0.417 e. The van der Waals surface area contributed by atoms with Crippen molar-refractivity contribution >= 4 is 11.7 Å². The van der Waals surface area contributed by atoms with Crippen molar-refractivity contribution in [1.29, 1.82) is 0 Å². The predicted molar refractivity (Wildman–Crippen MR) is 93.8 cm³/mol. The zero-order valence-corrected chi connectivity index (χ0v) is 14.9. The van der Waals surface area contributed by atoms with Gasteiger partial charge in [0.1, 0.15) is 5.82 Å². The molecule has 7 heteroatoms. The van der Waals surface area contributed by atoms with Crippen LogP contribution in [0, 0.1) is 5.92 Å². The standard InChI is InChI=1S/C19H26F3N3O/c20-19(21,22)15-6-7-17(23-13-15)25-10-8-16(9-11-25)24-18(26)12-14-4-2-1-3-5-14/h6-7,13-14,16H,1-5,8-12H2,(H,24,26). The van der Waals surface area contributed by atoms with Crippen molar-refractivity contribution in [3.05, 3.63) is 23.9 Å². The predicted octanol–water partition coefficient (Wildman–Crippen LogP) is 4.16. The largest absolute Gasteiger partial charge is 0.417 e. The first kappa shape index (κ1) is 19.0. The van der Waals surface area contributed by atoms with Gasteiger partial charge >= 0.3 is 6.18 Å². The Hall–Kier alpha value is -1.79. The van der Waals surface area contributed by atoms with Gasteiger partial charge in [-0.05, 0) is 43.7 Å². The minimum atomic E-state index is -4.36. The molecular weight excluding hydrogens is 343 g/mol. The minimum absolute atomic E-state index is 0.142. The molecule has 2 aliphatic rings. The van der Waals surface area contributed by atoms with Crippen molar-refractivity contribution in [2.75, 3.05) is 18.0 Å². The van der Waals surface area contributed by atoms with E-state index in [0.717, 1.165) is 37.9 Å². The number of nitrogens with zero attached hydrogens (tertiary/aromatic N) is 2. The third-order valence-corrected chi connectivity index (χ3v) is 5.46. The smallest absolute Gasteiger partial charge is 0.356 e. The zero-order valence-electron chi connectivity index (χ0n) is 14.9. The molecule has 4 nitrogen and oxygen atoms in total. The van der Waals surface area contributed by atoms with E-state index in [2.05, 4.69) is 10.3 Å². The second-order valence-corrected chi connectivity index (χ2v) is 7.44. The fourth-order valence-electron chi connectivity index (χ4n) is 3.93. The van der Waals surface area contributed by atoms with Crippen LogP contribution in [0.4, 0.5) is 19.0 Å². The number of hydrogen-bond acceptors (Lipinski definition) is 3. The van der Waals surface area contributed by atoms with Gasteiger partial charge in [-0.3, -0.25) is 4.79 Å². The first-order valence-corrected chi connectivity index (χ1v) is 9.49. The number of pyridine rings is 1. The van der Waals surface area contributed by atoms with Crippen molar-refractivity contribution in [1.82, 2.24) is 10.3 Å². The van der Waals surface area contributed by atoms with Crippen LogP contribution in [-0.2, 0) is 11.0 Å². The number of nitrogens with one attached hydrogen (secondary N) is 1. The number of aromatic nitrogens is 1. The fourth-order valence-corrected chi connectivity index (χ4v) is 3.93. The van der Waals surface area contributed by atoms with E-state index in [1.54, 1.807) is 0 Å². The summed E-state index contributed by atoms with van der Waals surface area (Å²) in [5.41, 5.74) is -0.730. The van der Waals surface area contributed by atoms with Gasteiger partial charge in [-0.1, -0.05) is 19.3 Å². The molecule has 3 rings (SSSR count). The lowest BCUT2D eigenvalue weighted by atomic mass is 9.86. The van der Waals surface area contributed by atoms with Gasteiger partial charge in [-0.25, -0.2) is 4.98 Å². The van der Waals surface area contributed by atoms with Gasteiger partial charge < -0.3 is 10.2 Å². The molecule has 0 atom stereocenters. The Morgan fingerprint density at radius 1 is 1.12 bits per heavy atom. The average molecular weight is 369 g/mol. The molecule has 1 aliphatic carbocycles. The maximum absolute atomic E-state index is 12.6. The van der Waals surface area contributed by atoms with Gasteiger partial charge in [0.25, 0.3) is 0 Å². The lowest BCUT2D eigenvalue weighted by molar-refractivity contribution is -0.137. The third kappa shape index (κ3) is 5.11. The van der Waals surface area contributed by atoms with E-state index in [-0.39, 0.29) is 11.9 Å². The van der Waals surface area contributed by atoms with Crippen LogP contribution in [0.1, 0.15) is 56.9 Å². The Morgan fingerprint density at radius 3 is 2.38 bits per heavy atom. The number of carbonyl (C=O) groups excluding carboxylic acids is 1. The van der Waals surface area contributed by atoms with Crippen molar-refractivity contribution in [3.63, 3.8) is 0 Å². The van der Waals surface area contributed by atoms with E-state index in [9.17, 15) is 18.0 Å². The Labute approximate surface area is 152 Å². The van der Waals surface area contributed by atoms with E-state index in [1.807, 2.05) is 4.90 Å². The summed E-state index contributed by atoms with van der Waals surface area (Å²) in [7, 11) is 0. The molecule has 0 spiro atoms. The molecule has 26 heavy (non-hydrogen) atoms. The molecule has 1 aromatic heterocycles. The molecule has 0 bridgehead atoms. The van der Waals surface area contributed by atoms with Crippen molar-refractivity contribution in [3.8, 4) is 0 Å². The van der Waals surface area contributed by atoms with Gasteiger partial charge in [0, 0.05) is 31.7 Å². The fraction of sp³-hybridized carbons (Fsp3) is 0.684. The van der Waals surface area contributed by atoms with Gasteiger partial charge in [0.05, 0.1) is 5.56 Å². The summed E-state index contributed by atoms with van der Waals surface area (Å²) in [6, 6.07) is 2.64. The summed E-state index contributed by atoms with van der Waals surface area (Å²) < 4.78 is 37.8. The van der Waals surface area contributed by atoms with Crippen LogP contribution in [0.15, 0.2) is 18.3 Å². The van der Waals surface area contributed by atoms with Crippen LogP contribution < -0.4 is 10.2 Å². The lowest BCUT2D eigenvalue weighted by Crippen LogP contribution is -2.45. The van der Waals surface area contributed by atoms with Crippen LogP contribution >= 0.6 is 0 Å². The topological polar surface area (TPSA) is 45.2 Å². The molecule has 1 N–H and O–H groups in total. The molecule has 1 saturated heterocycles. The number of piperidine rings is 1.